The number of nitrogens with one attached hydrogen (secondary N) is 1. The van der Waals surface area contributed by atoms with Crippen molar-refractivity contribution in [3.63, 3.8) is 0 Å². The lowest BCUT2D eigenvalue weighted by molar-refractivity contribution is -0.141. The molecule has 1 saturated heterocycles. The van der Waals surface area contributed by atoms with Crippen LogP contribution in [-0.4, -0.2) is 41.1 Å². The Bertz CT molecular complexity index is 359. The molecule has 2 rings (SSSR count). The van der Waals surface area contributed by atoms with Gasteiger partial charge in [-0.25, -0.2) is 4.79 Å². The molecule has 2 amide bonds. The van der Waals surface area contributed by atoms with E-state index in [2.05, 4.69) is 5.32 Å². The molecule has 0 spiro atoms. The topological polar surface area (TPSA) is 69.6 Å². The van der Waals surface area contributed by atoms with Gasteiger partial charge in [-0.15, -0.1) is 0 Å². The maximum absolute atomic E-state index is 12.3. The number of carboxylic acid groups (broad SMARTS) is 1. The number of fused-ring (bicyclic) bond motifs is 1. The van der Waals surface area contributed by atoms with Crippen molar-refractivity contribution in [3.05, 3.63) is 0 Å². The van der Waals surface area contributed by atoms with Crippen molar-refractivity contribution >= 4 is 12.0 Å². The summed E-state index contributed by atoms with van der Waals surface area (Å²) in [6, 6.07) is 0.321. The average molecular weight is 282 g/mol. The predicted molar refractivity (Wildman–Crippen MR) is 76.5 cm³/mol. The Kier molecular flexibility index (Phi) is 5.26. The summed E-state index contributed by atoms with van der Waals surface area (Å²) in [5.74, 6) is -0.613. The first-order chi connectivity index (χ1) is 9.63. The predicted octanol–water partition coefficient (Wildman–Crippen LogP) is 2.46. The van der Waals surface area contributed by atoms with Crippen LogP contribution in [0.15, 0.2) is 0 Å². The van der Waals surface area contributed by atoms with E-state index in [0.29, 0.717) is 18.4 Å². The Balaban J connectivity index is 1.86. The molecule has 5 nitrogen and oxygen atoms in total. The smallest absolute Gasteiger partial charge is 0.317 e. The molecule has 3 atom stereocenters. The highest BCUT2D eigenvalue weighted by molar-refractivity contribution is 5.76. The lowest BCUT2D eigenvalue weighted by atomic mass is 9.92. The number of aliphatic carboxylic acids is 1. The number of carboxylic acids is 1. The first kappa shape index (κ1) is 15.1. The van der Waals surface area contributed by atoms with Crippen LogP contribution in [0.25, 0.3) is 0 Å². The molecule has 114 valence electrons. The molecule has 0 bridgehead atoms. The second-order valence-corrected chi connectivity index (χ2v) is 6.10. The number of likely N-dealkylation sites (tertiary alicyclic amines) is 1. The summed E-state index contributed by atoms with van der Waals surface area (Å²) in [6.07, 6.45) is 7.31. The van der Waals surface area contributed by atoms with Gasteiger partial charge in [-0.1, -0.05) is 19.8 Å². The van der Waals surface area contributed by atoms with Gasteiger partial charge in [0, 0.05) is 19.1 Å². The number of nitrogens with zero attached hydrogens (tertiary/aromatic N) is 1. The van der Waals surface area contributed by atoms with Crippen molar-refractivity contribution in [2.45, 2.75) is 57.9 Å². The number of carbonyl (C=O) groups is 2. The summed E-state index contributed by atoms with van der Waals surface area (Å²) < 4.78 is 0. The fourth-order valence-electron chi connectivity index (χ4n) is 3.68. The van der Waals surface area contributed by atoms with Crippen LogP contribution in [0.4, 0.5) is 4.79 Å². The van der Waals surface area contributed by atoms with Crippen LogP contribution in [0.3, 0.4) is 0 Å². The molecule has 1 aliphatic heterocycles. The summed E-state index contributed by atoms with van der Waals surface area (Å²) in [7, 11) is 0. The van der Waals surface area contributed by atoms with Gasteiger partial charge in [0.25, 0.3) is 0 Å². The van der Waals surface area contributed by atoms with Gasteiger partial charge >= 0.3 is 12.0 Å². The number of urea groups is 1. The molecule has 2 aliphatic rings. The van der Waals surface area contributed by atoms with E-state index >= 15 is 0 Å². The van der Waals surface area contributed by atoms with E-state index < -0.39 is 11.9 Å². The summed E-state index contributed by atoms with van der Waals surface area (Å²) in [6.45, 7) is 3.03. The molecule has 1 aliphatic carbocycles. The Labute approximate surface area is 120 Å². The Hall–Kier alpha value is -1.26. The van der Waals surface area contributed by atoms with Crippen LogP contribution >= 0.6 is 0 Å². The third-order valence-electron chi connectivity index (χ3n) is 4.74. The second kappa shape index (κ2) is 6.95. The van der Waals surface area contributed by atoms with Crippen molar-refractivity contribution in [3.8, 4) is 0 Å². The lowest BCUT2D eigenvalue weighted by Gasteiger charge is -2.37. The Morgan fingerprint density at radius 3 is 2.75 bits per heavy atom. The molecular weight excluding hydrogens is 256 g/mol. The van der Waals surface area contributed by atoms with Gasteiger partial charge in [-0.3, -0.25) is 4.79 Å². The van der Waals surface area contributed by atoms with Gasteiger partial charge in [0.2, 0.25) is 0 Å². The fraction of sp³-hybridized carbons (Fsp3) is 0.867. The summed E-state index contributed by atoms with van der Waals surface area (Å²) in [4.78, 5) is 25.3. The Morgan fingerprint density at radius 1 is 1.30 bits per heavy atom. The van der Waals surface area contributed by atoms with Crippen LogP contribution < -0.4 is 5.32 Å². The molecular formula is C15H26N2O3. The number of hydrogen-bond donors (Lipinski definition) is 2. The quantitative estimate of drug-likeness (QED) is 0.813. The highest BCUT2D eigenvalue weighted by atomic mass is 16.4. The third kappa shape index (κ3) is 3.44. The standard InChI is InChI=1S/C15H26N2O3/c1-2-5-12(14(18)19)10-16-15(20)17-9-4-7-11-6-3-8-13(11)17/h11-13H,2-10H2,1H3,(H,16,20)(H,18,19). The van der Waals surface area contributed by atoms with Crippen LogP contribution in [0, 0.1) is 11.8 Å². The van der Waals surface area contributed by atoms with Crippen molar-refractivity contribution in [1.29, 1.82) is 0 Å². The zero-order valence-corrected chi connectivity index (χ0v) is 12.3. The van der Waals surface area contributed by atoms with Gasteiger partial charge in [-0.05, 0) is 38.0 Å². The lowest BCUT2D eigenvalue weighted by Crippen LogP contribution is -2.51. The highest BCUT2D eigenvalue weighted by Crippen LogP contribution is 2.36. The Morgan fingerprint density at radius 2 is 2.05 bits per heavy atom. The first-order valence-electron chi connectivity index (χ1n) is 7.90. The zero-order valence-electron chi connectivity index (χ0n) is 12.3. The molecule has 3 unspecified atom stereocenters. The van der Waals surface area contributed by atoms with Crippen molar-refractivity contribution in [2.24, 2.45) is 11.8 Å². The largest absolute Gasteiger partial charge is 0.481 e. The van der Waals surface area contributed by atoms with E-state index in [0.717, 1.165) is 25.8 Å². The summed E-state index contributed by atoms with van der Waals surface area (Å²) in [5.41, 5.74) is 0. The maximum atomic E-state index is 12.3. The number of rotatable bonds is 5. The number of hydrogen-bond acceptors (Lipinski definition) is 2. The van der Waals surface area contributed by atoms with E-state index in [1.165, 1.54) is 19.3 Å². The average Bonchev–Trinajstić information content (AvgIpc) is 2.90. The van der Waals surface area contributed by atoms with Crippen molar-refractivity contribution in [2.75, 3.05) is 13.1 Å². The van der Waals surface area contributed by atoms with E-state index in [4.69, 9.17) is 5.11 Å². The first-order valence-corrected chi connectivity index (χ1v) is 7.90. The summed E-state index contributed by atoms with van der Waals surface area (Å²) in [5, 5.41) is 12.0. The minimum Gasteiger partial charge on any atom is -0.481 e. The van der Waals surface area contributed by atoms with E-state index in [-0.39, 0.29) is 12.6 Å². The van der Waals surface area contributed by atoms with E-state index in [1.54, 1.807) is 0 Å². The van der Waals surface area contributed by atoms with Gasteiger partial charge in [0.1, 0.15) is 0 Å². The minimum atomic E-state index is -0.815. The number of piperidine rings is 1. The minimum absolute atomic E-state index is 0.0658. The number of carbonyl (C=O) groups excluding carboxylic acids is 1. The molecule has 1 heterocycles. The molecule has 1 saturated carbocycles. The van der Waals surface area contributed by atoms with E-state index in [9.17, 15) is 9.59 Å². The van der Waals surface area contributed by atoms with Crippen molar-refractivity contribution in [1.82, 2.24) is 10.2 Å². The molecule has 0 aromatic heterocycles. The zero-order chi connectivity index (χ0) is 14.5. The molecule has 0 aromatic rings. The SMILES string of the molecule is CCCC(CNC(=O)N1CCCC2CCCC21)C(=O)O. The second-order valence-electron chi connectivity index (χ2n) is 6.10. The van der Waals surface area contributed by atoms with Gasteiger partial charge in [0.15, 0.2) is 0 Å². The maximum Gasteiger partial charge on any atom is 0.317 e. The molecule has 2 N–H and O–H groups in total. The third-order valence-corrected chi connectivity index (χ3v) is 4.74. The molecule has 2 fully saturated rings. The molecule has 0 radical (unpaired) electrons. The number of amides is 2. The van der Waals surface area contributed by atoms with Crippen LogP contribution in [0.2, 0.25) is 0 Å². The van der Waals surface area contributed by atoms with Crippen LogP contribution in [-0.2, 0) is 4.79 Å². The fourth-order valence-corrected chi connectivity index (χ4v) is 3.68. The molecule has 0 aromatic carbocycles. The van der Waals surface area contributed by atoms with Gasteiger partial charge in [-0.2, -0.15) is 0 Å². The highest BCUT2D eigenvalue weighted by Gasteiger charge is 2.37. The summed E-state index contributed by atoms with van der Waals surface area (Å²) >= 11 is 0. The molecule has 5 heteroatoms. The van der Waals surface area contributed by atoms with Crippen molar-refractivity contribution < 1.29 is 14.7 Å². The monoisotopic (exact) mass is 282 g/mol. The van der Waals surface area contributed by atoms with E-state index in [1.807, 2.05) is 11.8 Å². The van der Waals surface area contributed by atoms with Gasteiger partial charge < -0.3 is 15.3 Å². The normalized spacial score (nSPS) is 26.9. The van der Waals surface area contributed by atoms with Crippen LogP contribution in [0.1, 0.15) is 51.9 Å². The van der Waals surface area contributed by atoms with Crippen LogP contribution in [0.5, 0.6) is 0 Å². The molecule has 20 heavy (non-hydrogen) atoms. The van der Waals surface area contributed by atoms with Gasteiger partial charge in [0.05, 0.1) is 5.92 Å².